The highest BCUT2D eigenvalue weighted by Gasteiger charge is 2.26. The number of carbonyl (C=O) groups excluding carboxylic acids is 2. The van der Waals surface area contributed by atoms with Gasteiger partial charge in [0.05, 0.1) is 12.6 Å². The molecule has 2 heterocycles. The topological polar surface area (TPSA) is 70.7 Å². The molecular weight excluding hydrogens is 476 g/mol. The molecule has 2 aliphatic rings. The first-order valence-electron chi connectivity index (χ1n) is 13.2. The summed E-state index contributed by atoms with van der Waals surface area (Å²) in [6, 6.07) is 11.1. The third kappa shape index (κ3) is 7.58. The second-order valence-corrected chi connectivity index (χ2v) is 10.8. The number of hydrogen-bond donors (Lipinski definition) is 2. The van der Waals surface area contributed by atoms with E-state index < -0.39 is 17.4 Å². The maximum Gasteiger partial charge on any atom is 0.258 e. The Hall–Kier alpha value is -2.84. The van der Waals surface area contributed by atoms with E-state index in [0.717, 1.165) is 45.3 Å². The molecule has 2 amide bonds. The molecule has 0 radical (unpaired) electrons. The summed E-state index contributed by atoms with van der Waals surface area (Å²) < 4.78 is 34.7. The Morgan fingerprint density at radius 1 is 1.11 bits per heavy atom. The highest BCUT2D eigenvalue weighted by molar-refractivity contribution is 6.09. The second-order valence-electron chi connectivity index (χ2n) is 10.8. The van der Waals surface area contributed by atoms with Gasteiger partial charge in [0.2, 0.25) is 5.91 Å². The standard InChI is InChI=1S/C29H37F2N3O3/c1-29(2,31)19-34-15-12-20(13-16-34)18-37-26-11-10-21(17-24(26)30)22-7-3-4-8-23(22)27(35)33-28(36)25-9-5-6-14-32-25/h3-4,7-8,10-11,17,20,25,32H,5-6,9,12-16,18-19H2,1-2H3,(H,33,35,36)/t25-/m0/s1. The number of carbonyl (C=O) groups is 2. The number of alkyl halides is 1. The van der Waals surface area contributed by atoms with Crippen LogP contribution in [-0.2, 0) is 4.79 Å². The summed E-state index contributed by atoms with van der Waals surface area (Å²) >= 11 is 0. The lowest BCUT2D eigenvalue weighted by Gasteiger charge is -2.34. The highest BCUT2D eigenvalue weighted by atomic mass is 19.1. The Balaban J connectivity index is 1.36. The van der Waals surface area contributed by atoms with E-state index >= 15 is 0 Å². The predicted octanol–water partition coefficient (Wildman–Crippen LogP) is 4.73. The number of halogens is 2. The molecule has 0 aromatic heterocycles. The van der Waals surface area contributed by atoms with Crippen LogP contribution < -0.4 is 15.4 Å². The molecule has 4 rings (SSSR count). The molecule has 2 aromatic carbocycles. The van der Waals surface area contributed by atoms with Gasteiger partial charge in [0, 0.05) is 12.1 Å². The van der Waals surface area contributed by atoms with Crippen molar-refractivity contribution in [2.75, 3.05) is 32.8 Å². The number of benzene rings is 2. The minimum atomic E-state index is -1.21. The van der Waals surface area contributed by atoms with E-state index in [-0.39, 0.29) is 17.7 Å². The molecule has 2 fully saturated rings. The van der Waals surface area contributed by atoms with Crippen molar-refractivity contribution in [2.45, 2.75) is 57.7 Å². The van der Waals surface area contributed by atoms with Gasteiger partial charge in [-0.2, -0.15) is 0 Å². The van der Waals surface area contributed by atoms with Gasteiger partial charge in [-0.3, -0.25) is 14.9 Å². The van der Waals surface area contributed by atoms with Gasteiger partial charge < -0.3 is 15.0 Å². The van der Waals surface area contributed by atoms with Crippen molar-refractivity contribution in [3.8, 4) is 16.9 Å². The Morgan fingerprint density at radius 3 is 2.54 bits per heavy atom. The van der Waals surface area contributed by atoms with Gasteiger partial charge >= 0.3 is 0 Å². The van der Waals surface area contributed by atoms with E-state index in [4.69, 9.17) is 4.74 Å². The normalized spacial score (nSPS) is 19.4. The molecule has 2 aliphatic heterocycles. The molecule has 0 spiro atoms. The van der Waals surface area contributed by atoms with Crippen LogP contribution in [0.5, 0.6) is 5.75 Å². The number of likely N-dealkylation sites (tertiary alicyclic amines) is 1. The Labute approximate surface area is 217 Å². The molecule has 6 nitrogen and oxygen atoms in total. The van der Waals surface area contributed by atoms with Crippen LogP contribution >= 0.6 is 0 Å². The summed E-state index contributed by atoms with van der Waals surface area (Å²) in [5.74, 6) is -0.896. The number of piperidine rings is 2. The summed E-state index contributed by atoms with van der Waals surface area (Å²) in [6.07, 6.45) is 4.42. The predicted molar refractivity (Wildman–Crippen MR) is 140 cm³/mol. The van der Waals surface area contributed by atoms with Gasteiger partial charge in [-0.15, -0.1) is 0 Å². The van der Waals surface area contributed by atoms with Gasteiger partial charge in [0.25, 0.3) is 5.91 Å². The van der Waals surface area contributed by atoms with Crippen molar-refractivity contribution in [3.05, 3.63) is 53.8 Å². The van der Waals surface area contributed by atoms with Crippen LogP contribution in [0, 0.1) is 11.7 Å². The number of hydrogen-bond acceptors (Lipinski definition) is 5. The molecule has 200 valence electrons. The molecule has 1 atom stereocenters. The summed E-state index contributed by atoms with van der Waals surface area (Å²) in [5.41, 5.74) is 0.164. The van der Waals surface area contributed by atoms with E-state index in [1.54, 1.807) is 50.2 Å². The summed E-state index contributed by atoms with van der Waals surface area (Å²) in [6.45, 7) is 6.37. The van der Waals surface area contributed by atoms with Crippen LogP contribution in [0.2, 0.25) is 0 Å². The molecule has 2 aromatic rings. The van der Waals surface area contributed by atoms with E-state index in [1.165, 1.54) is 6.07 Å². The lowest BCUT2D eigenvalue weighted by molar-refractivity contribution is -0.122. The van der Waals surface area contributed by atoms with Crippen molar-refractivity contribution in [1.82, 2.24) is 15.5 Å². The van der Waals surface area contributed by atoms with Crippen LogP contribution in [-0.4, -0.2) is 61.2 Å². The zero-order valence-corrected chi connectivity index (χ0v) is 21.7. The summed E-state index contributed by atoms with van der Waals surface area (Å²) in [7, 11) is 0. The van der Waals surface area contributed by atoms with Crippen LogP contribution in [0.15, 0.2) is 42.5 Å². The maximum atomic E-state index is 15.0. The average molecular weight is 514 g/mol. The van der Waals surface area contributed by atoms with Crippen LogP contribution in [0.1, 0.15) is 56.3 Å². The minimum absolute atomic E-state index is 0.163. The van der Waals surface area contributed by atoms with Crippen molar-refractivity contribution in [2.24, 2.45) is 5.92 Å². The molecule has 8 heteroatoms. The summed E-state index contributed by atoms with van der Waals surface area (Å²) in [5, 5.41) is 5.63. The van der Waals surface area contributed by atoms with Crippen molar-refractivity contribution in [1.29, 1.82) is 0 Å². The third-order valence-electron chi connectivity index (χ3n) is 7.06. The van der Waals surface area contributed by atoms with Crippen LogP contribution in [0.25, 0.3) is 11.1 Å². The molecule has 0 aliphatic carbocycles. The van der Waals surface area contributed by atoms with E-state index in [0.29, 0.717) is 42.2 Å². The number of nitrogens with one attached hydrogen (secondary N) is 2. The Kier molecular flexibility index (Phi) is 8.92. The van der Waals surface area contributed by atoms with Gasteiger partial charge in [0.1, 0.15) is 5.67 Å². The lowest BCUT2D eigenvalue weighted by atomic mass is 9.96. The zero-order chi connectivity index (χ0) is 26.4. The van der Waals surface area contributed by atoms with E-state index in [2.05, 4.69) is 15.5 Å². The Bertz CT molecular complexity index is 1090. The van der Waals surface area contributed by atoms with Crippen LogP contribution in [0.3, 0.4) is 0 Å². The van der Waals surface area contributed by atoms with Gasteiger partial charge in [-0.25, -0.2) is 8.78 Å². The zero-order valence-electron chi connectivity index (χ0n) is 21.7. The fraction of sp³-hybridized carbons (Fsp3) is 0.517. The fourth-order valence-corrected chi connectivity index (χ4v) is 5.11. The largest absolute Gasteiger partial charge is 0.490 e. The van der Waals surface area contributed by atoms with Gasteiger partial charge in [0.15, 0.2) is 11.6 Å². The van der Waals surface area contributed by atoms with Crippen molar-refractivity contribution < 1.29 is 23.1 Å². The molecule has 0 saturated carbocycles. The van der Waals surface area contributed by atoms with Crippen molar-refractivity contribution in [3.63, 3.8) is 0 Å². The third-order valence-corrected chi connectivity index (χ3v) is 7.06. The minimum Gasteiger partial charge on any atom is -0.490 e. The van der Waals surface area contributed by atoms with Gasteiger partial charge in [-0.1, -0.05) is 30.7 Å². The first kappa shape index (κ1) is 27.2. The smallest absolute Gasteiger partial charge is 0.258 e. The molecule has 0 bridgehead atoms. The molecule has 2 saturated heterocycles. The molecule has 0 unspecified atom stereocenters. The molecule has 2 N–H and O–H groups in total. The van der Waals surface area contributed by atoms with E-state index in [1.807, 2.05) is 0 Å². The second kappa shape index (κ2) is 12.1. The number of ether oxygens (including phenoxy) is 1. The number of imide groups is 1. The Morgan fingerprint density at radius 2 is 1.86 bits per heavy atom. The first-order chi connectivity index (χ1) is 17.7. The molecule has 37 heavy (non-hydrogen) atoms. The molecular formula is C29H37F2N3O3. The monoisotopic (exact) mass is 513 g/mol. The quantitative estimate of drug-likeness (QED) is 0.500. The van der Waals surface area contributed by atoms with Crippen molar-refractivity contribution >= 4 is 11.8 Å². The number of amides is 2. The number of nitrogens with zero attached hydrogens (tertiary/aromatic N) is 1. The number of rotatable bonds is 8. The summed E-state index contributed by atoms with van der Waals surface area (Å²) in [4.78, 5) is 27.6. The first-order valence-corrected chi connectivity index (χ1v) is 13.2. The van der Waals surface area contributed by atoms with Crippen LogP contribution in [0.4, 0.5) is 8.78 Å². The fourth-order valence-electron chi connectivity index (χ4n) is 5.11. The van der Waals surface area contributed by atoms with Gasteiger partial charge in [-0.05, 0) is 94.4 Å². The average Bonchev–Trinajstić information content (AvgIpc) is 2.88. The maximum absolute atomic E-state index is 15.0. The van der Waals surface area contributed by atoms with E-state index in [9.17, 15) is 18.4 Å². The SMILES string of the molecule is CC(C)(F)CN1CCC(COc2ccc(-c3ccccc3C(=O)NC(=O)[C@@H]3CCCCN3)cc2F)CC1. The highest BCUT2D eigenvalue weighted by Crippen LogP contribution is 2.29. The lowest BCUT2D eigenvalue weighted by Crippen LogP contribution is -2.48.